The molecular weight excluding hydrogens is 440 g/mol. The number of carbonyl (C=O) groups excluding carboxylic acids is 2. The van der Waals surface area contributed by atoms with Gasteiger partial charge in [0.1, 0.15) is 5.75 Å². The van der Waals surface area contributed by atoms with Gasteiger partial charge in [0.2, 0.25) is 12.7 Å². The van der Waals surface area contributed by atoms with Crippen molar-refractivity contribution >= 4 is 23.2 Å². The highest BCUT2D eigenvalue weighted by Crippen LogP contribution is 2.38. The Balaban J connectivity index is 1.36. The van der Waals surface area contributed by atoms with E-state index in [1.165, 1.54) is 11.3 Å². The van der Waals surface area contributed by atoms with Crippen LogP contribution in [-0.2, 0) is 11.3 Å². The Bertz CT molecular complexity index is 1160. The minimum absolute atomic E-state index is 0.0454. The van der Waals surface area contributed by atoms with Gasteiger partial charge >= 0.3 is 0 Å². The van der Waals surface area contributed by atoms with Crippen LogP contribution in [0.5, 0.6) is 17.2 Å². The predicted molar refractivity (Wildman–Crippen MR) is 124 cm³/mol. The van der Waals surface area contributed by atoms with E-state index in [2.05, 4.69) is 5.32 Å². The third kappa shape index (κ3) is 4.26. The van der Waals surface area contributed by atoms with E-state index in [0.29, 0.717) is 36.0 Å². The first-order valence-corrected chi connectivity index (χ1v) is 11.6. The lowest BCUT2D eigenvalue weighted by Crippen LogP contribution is -2.35. The van der Waals surface area contributed by atoms with E-state index < -0.39 is 0 Å². The number of carbonyl (C=O) groups is 2. The first-order chi connectivity index (χ1) is 16.1. The van der Waals surface area contributed by atoms with Gasteiger partial charge < -0.3 is 24.4 Å². The van der Waals surface area contributed by atoms with Crippen molar-refractivity contribution in [2.24, 2.45) is 5.92 Å². The number of methoxy groups -OCH3 is 1. The number of para-hydroxylation sites is 1. The summed E-state index contributed by atoms with van der Waals surface area (Å²) in [5, 5.41) is 4.94. The van der Waals surface area contributed by atoms with Crippen molar-refractivity contribution in [2.45, 2.75) is 12.5 Å². The molecule has 2 aromatic carbocycles. The van der Waals surface area contributed by atoms with E-state index in [1.807, 2.05) is 60.0 Å². The van der Waals surface area contributed by atoms with E-state index in [4.69, 9.17) is 14.2 Å². The van der Waals surface area contributed by atoms with Crippen LogP contribution >= 0.6 is 11.3 Å². The summed E-state index contributed by atoms with van der Waals surface area (Å²) in [6.45, 7) is 1.39. The van der Waals surface area contributed by atoms with E-state index in [-0.39, 0.29) is 30.4 Å². The Kier molecular flexibility index (Phi) is 5.92. The Labute approximate surface area is 195 Å². The Morgan fingerprint density at radius 1 is 1.09 bits per heavy atom. The standard InChI is InChI=1S/C25H24N2O5S/c1-30-20-6-3-2-5-17(20)18-13-27(25(29)23-7-4-10-33-23)14-19(18)24(28)26-12-16-8-9-21-22(11-16)32-15-31-21/h2-11,18-19H,12-15H2,1H3,(H,26,28). The molecule has 2 aliphatic heterocycles. The van der Waals surface area contributed by atoms with E-state index >= 15 is 0 Å². The predicted octanol–water partition coefficient (Wildman–Crippen LogP) is 3.66. The highest BCUT2D eigenvalue weighted by Gasteiger charge is 2.41. The van der Waals surface area contributed by atoms with Crippen LogP contribution in [0.3, 0.4) is 0 Å². The summed E-state index contributed by atoms with van der Waals surface area (Å²) in [6, 6.07) is 17.0. The van der Waals surface area contributed by atoms with Crippen LogP contribution in [-0.4, -0.2) is 43.7 Å². The van der Waals surface area contributed by atoms with Crippen molar-refractivity contribution in [3.05, 3.63) is 76.0 Å². The normalized spacial score (nSPS) is 18.9. The zero-order valence-corrected chi connectivity index (χ0v) is 19.0. The van der Waals surface area contributed by atoms with Crippen molar-refractivity contribution < 1.29 is 23.8 Å². The lowest BCUT2D eigenvalue weighted by molar-refractivity contribution is -0.125. The number of thiophene rings is 1. The highest BCUT2D eigenvalue weighted by molar-refractivity contribution is 7.12. The molecule has 0 bridgehead atoms. The number of rotatable bonds is 6. The largest absolute Gasteiger partial charge is 0.496 e. The average Bonchev–Trinajstić information content (AvgIpc) is 3.62. The van der Waals surface area contributed by atoms with Gasteiger partial charge in [-0.2, -0.15) is 0 Å². The van der Waals surface area contributed by atoms with Crippen molar-refractivity contribution in [1.29, 1.82) is 0 Å². The fraction of sp³-hybridized carbons (Fsp3) is 0.280. The topological polar surface area (TPSA) is 77.1 Å². The van der Waals surface area contributed by atoms with Gasteiger partial charge in [-0.15, -0.1) is 11.3 Å². The molecule has 3 aromatic rings. The summed E-state index contributed by atoms with van der Waals surface area (Å²) >= 11 is 1.41. The van der Waals surface area contributed by atoms with Crippen molar-refractivity contribution in [2.75, 3.05) is 27.0 Å². The Morgan fingerprint density at radius 2 is 1.94 bits per heavy atom. The molecule has 3 heterocycles. The SMILES string of the molecule is COc1ccccc1C1CN(C(=O)c2cccs2)CC1C(=O)NCc1ccc2c(c1)OCO2. The van der Waals surface area contributed by atoms with Crippen molar-refractivity contribution in [1.82, 2.24) is 10.2 Å². The molecule has 2 amide bonds. The molecule has 1 N–H and O–H groups in total. The minimum atomic E-state index is -0.390. The summed E-state index contributed by atoms with van der Waals surface area (Å²) in [4.78, 5) is 28.8. The molecule has 170 valence electrons. The van der Waals surface area contributed by atoms with E-state index in [9.17, 15) is 9.59 Å². The third-order valence-electron chi connectivity index (χ3n) is 6.12. The van der Waals surface area contributed by atoms with Crippen LogP contribution < -0.4 is 19.5 Å². The second-order valence-electron chi connectivity index (χ2n) is 8.05. The molecule has 7 nitrogen and oxygen atoms in total. The zero-order valence-electron chi connectivity index (χ0n) is 18.2. The summed E-state index contributed by atoms with van der Waals surface area (Å²) in [6.07, 6.45) is 0. The highest BCUT2D eigenvalue weighted by atomic mass is 32.1. The van der Waals surface area contributed by atoms with Gasteiger partial charge in [-0.1, -0.05) is 30.3 Å². The molecule has 8 heteroatoms. The summed E-state index contributed by atoms with van der Waals surface area (Å²) in [5.41, 5.74) is 1.86. The molecule has 1 saturated heterocycles. The Morgan fingerprint density at radius 3 is 2.76 bits per heavy atom. The van der Waals surface area contributed by atoms with Gasteiger partial charge in [0.05, 0.1) is 17.9 Å². The minimum Gasteiger partial charge on any atom is -0.496 e. The van der Waals surface area contributed by atoms with E-state index in [1.54, 1.807) is 12.0 Å². The number of nitrogens with one attached hydrogen (secondary N) is 1. The monoisotopic (exact) mass is 464 g/mol. The van der Waals surface area contributed by atoms with Crippen LogP contribution in [0.2, 0.25) is 0 Å². The quantitative estimate of drug-likeness (QED) is 0.603. The molecule has 2 aliphatic rings. The molecule has 2 atom stereocenters. The first kappa shape index (κ1) is 21.3. The fourth-order valence-electron chi connectivity index (χ4n) is 4.45. The Hall–Kier alpha value is -3.52. The van der Waals surface area contributed by atoms with Crippen LogP contribution in [0, 0.1) is 5.92 Å². The first-order valence-electron chi connectivity index (χ1n) is 10.8. The molecule has 0 radical (unpaired) electrons. The van der Waals surface area contributed by atoms with Gasteiger partial charge in [0.15, 0.2) is 11.5 Å². The summed E-state index contributed by atoms with van der Waals surface area (Å²) < 4.78 is 16.3. The molecule has 1 aromatic heterocycles. The second kappa shape index (κ2) is 9.15. The van der Waals surface area contributed by atoms with Crippen LogP contribution in [0.15, 0.2) is 60.0 Å². The number of hydrogen-bond acceptors (Lipinski definition) is 6. The maximum absolute atomic E-state index is 13.3. The van der Waals surface area contributed by atoms with Gasteiger partial charge in [-0.25, -0.2) is 0 Å². The number of benzene rings is 2. The lowest BCUT2D eigenvalue weighted by atomic mass is 9.87. The average molecular weight is 465 g/mol. The van der Waals surface area contributed by atoms with Gasteiger partial charge in [0.25, 0.3) is 5.91 Å². The van der Waals surface area contributed by atoms with Crippen LogP contribution in [0.25, 0.3) is 0 Å². The second-order valence-corrected chi connectivity index (χ2v) is 9.00. The molecule has 0 spiro atoms. The van der Waals surface area contributed by atoms with Gasteiger partial charge in [-0.3, -0.25) is 9.59 Å². The number of likely N-dealkylation sites (tertiary alicyclic amines) is 1. The van der Waals surface area contributed by atoms with Crippen LogP contribution in [0.4, 0.5) is 0 Å². The van der Waals surface area contributed by atoms with E-state index in [0.717, 1.165) is 16.9 Å². The number of ether oxygens (including phenoxy) is 3. The number of amides is 2. The smallest absolute Gasteiger partial charge is 0.263 e. The fourth-order valence-corrected chi connectivity index (χ4v) is 5.14. The molecule has 0 saturated carbocycles. The van der Waals surface area contributed by atoms with Crippen molar-refractivity contribution in [3.8, 4) is 17.2 Å². The number of hydrogen-bond donors (Lipinski definition) is 1. The molecule has 0 aliphatic carbocycles. The maximum atomic E-state index is 13.3. The molecule has 5 rings (SSSR count). The van der Waals surface area contributed by atoms with Gasteiger partial charge in [-0.05, 0) is 40.8 Å². The number of fused-ring (bicyclic) bond motifs is 1. The maximum Gasteiger partial charge on any atom is 0.263 e. The van der Waals surface area contributed by atoms with Crippen molar-refractivity contribution in [3.63, 3.8) is 0 Å². The lowest BCUT2D eigenvalue weighted by Gasteiger charge is -2.20. The molecule has 2 unspecified atom stereocenters. The molecular formula is C25H24N2O5S. The zero-order chi connectivity index (χ0) is 22.8. The summed E-state index contributed by atoms with van der Waals surface area (Å²) in [5.74, 6) is 1.42. The third-order valence-corrected chi connectivity index (χ3v) is 6.98. The molecule has 1 fully saturated rings. The van der Waals surface area contributed by atoms with Crippen LogP contribution in [0.1, 0.15) is 26.7 Å². The van der Waals surface area contributed by atoms with Gasteiger partial charge in [0, 0.05) is 25.6 Å². The molecule has 33 heavy (non-hydrogen) atoms. The summed E-state index contributed by atoms with van der Waals surface area (Å²) in [7, 11) is 1.62. The number of nitrogens with zero attached hydrogens (tertiary/aromatic N) is 1.